The molecule has 0 bridgehead atoms. The van der Waals surface area contributed by atoms with Gasteiger partial charge in [-0.2, -0.15) is 4.98 Å². The van der Waals surface area contributed by atoms with Crippen molar-refractivity contribution in [2.45, 2.75) is 12.7 Å². The first-order chi connectivity index (χ1) is 11.7. The molecule has 0 saturated carbocycles. The molecular weight excluding hydrogens is 322 g/mol. The van der Waals surface area contributed by atoms with Crippen LogP contribution in [0.3, 0.4) is 0 Å². The second-order valence-corrected chi connectivity index (χ2v) is 6.24. The van der Waals surface area contributed by atoms with E-state index < -0.39 is 0 Å². The fourth-order valence-electron chi connectivity index (χ4n) is 2.16. The van der Waals surface area contributed by atoms with Crippen molar-refractivity contribution in [2.24, 2.45) is 0 Å². The number of carbonyl (C=O) groups is 1. The summed E-state index contributed by atoms with van der Waals surface area (Å²) in [6, 6.07) is 13.8. The van der Waals surface area contributed by atoms with Crippen LogP contribution in [-0.2, 0) is 10.5 Å². The fourth-order valence-corrected chi connectivity index (χ4v) is 2.93. The van der Waals surface area contributed by atoms with E-state index in [1.54, 1.807) is 18.0 Å². The molecule has 0 unspecified atom stereocenters. The smallest absolute Gasteiger partial charge is 0.249 e. The first-order valence-corrected chi connectivity index (χ1v) is 8.63. The number of pyridine rings is 1. The van der Waals surface area contributed by atoms with Gasteiger partial charge in [0.1, 0.15) is 5.69 Å². The zero-order valence-electron chi connectivity index (χ0n) is 13.2. The molecular formula is C17H17N5OS. The Morgan fingerprint density at radius 1 is 1.25 bits per heavy atom. The van der Waals surface area contributed by atoms with Crippen LogP contribution in [0.1, 0.15) is 11.1 Å². The van der Waals surface area contributed by atoms with Gasteiger partial charge in [0.25, 0.3) is 0 Å². The van der Waals surface area contributed by atoms with Crippen molar-refractivity contribution in [3.8, 4) is 11.5 Å². The number of benzene rings is 1. The lowest BCUT2D eigenvalue weighted by atomic mass is 10.2. The van der Waals surface area contributed by atoms with E-state index in [0.717, 1.165) is 5.75 Å². The molecule has 0 radical (unpaired) electrons. The van der Waals surface area contributed by atoms with Gasteiger partial charge in [0, 0.05) is 11.9 Å². The van der Waals surface area contributed by atoms with E-state index in [9.17, 15) is 4.79 Å². The molecule has 3 aromatic rings. The molecule has 24 heavy (non-hydrogen) atoms. The summed E-state index contributed by atoms with van der Waals surface area (Å²) in [6.45, 7) is 2.06. The normalized spacial score (nSPS) is 10.5. The number of hydrogen-bond acceptors (Lipinski definition) is 5. The predicted molar refractivity (Wildman–Crippen MR) is 95.6 cm³/mol. The first kappa shape index (κ1) is 16.2. The Morgan fingerprint density at radius 2 is 2.17 bits per heavy atom. The van der Waals surface area contributed by atoms with Gasteiger partial charge < -0.3 is 0 Å². The molecule has 0 saturated heterocycles. The summed E-state index contributed by atoms with van der Waals surface area (Å²) in [6.07, 6.45) is 1.68. The molecule has 1 aromatic carbocycles. The highest BCUT2D eigenvalue weighted by Gasteiger charge is 2.09. The Bertz CT molecular complexity index is 819. The summed E-state index contributed by atoms with van der Waals surface area (Å²) < 4.78 is 0. The van der Waals surface area contributed by atoms with Crippen LogP contribution in [0.25, 0.3) is 11.5 Å². The highest BCUT2D eigenvalue weighted by molar-refractivity contribution is 7.99. The van der Waals surface area contributed by atoms with Crippen LogP contribution in [0.15, 0.2) is 48.7 Å². The number of carbonyl (C=O) groups excluding carboxylic acids is 1. The topological polar surface area (TPSA) is 83.6 Å². The van der Waals surface area contributed by atoms with Crippen LogP contribution < -0.4 is 5.32 Å². The predicted octanol–water partition coefficient (Wildman–Crippen LogP) is 3.05. The Labute approximate surface area is 144 Å². The minimum Gasteiger partial charge on any atom is -0.292 e. The van der Waals surface area contributed by atoms with Crippen molar-refractivity contribution < 1.29 is 4.79 Å². The zero-order chi connectivity index (χ0) is 16.8. The van der Waals surface area contributed by atoms with Crippen LogP contribution in [-0.4, -0.2) is 31.8 Å². The second-order valence-electron chi connectivity index (χ2n) is 5.25. The Balaban J connectivity index is 1.49. The van der Waals surface area contributed by atoms with Gasteiger partial charge >= 0.3 is 0 Å². The molecule has 122 valence electrons. The molecule has 2 heterocycles. The fraction of sp³-hybridized carbons (Fsp3) is 0.176. The number of thioether (sulfide) groups is 1. The number of aryl methyl sites for hydroxylation is 1. The van der Waals surface area contributed by atoms with Crippen LogP contribution >= 0.6 is 11.8 Å². The van der Waals surface area contributed by atoms with Crippen LogP contribution in [0.5, 0.6) is 0 Å². The summed E-state index contributed by atoms with van der Waals surface area (Å²) >= 11 is 1.56. The lowest BCUT2D eigenvalue weighted by molar-refractivity contribution is -0.113. The summed E-state index contributed by atoms with van der Waals surface area (Å²) in [5, 5.41) is 9.45. The van der Waals surface area contributed by atoms with Crippen LogP contribution in [0.4, 0.5) is 5.95 Å². The number of nitrogens with one attached hydrogen (secondary N) is 2. The number of rotatable bonds is 6. The number of anilines is 1. The molecule has 0 aliphatic carbocycles. The molecule has 6 nitrogen and oxygen atoms in total. The average Bonchev–Trinajstić information content (AvgIpc) is 3.04. The number of amides is 1. The SMILES string of the molecule is Cc1cccc(CSCC(=O)Nc2n[nH]c(-c3ccccn3)n2)c1. The molecule has 0 atom stereocenters. The van der Waals surface area contributed by atoms with E-state index in [1.165, 1.54) is 11.1 Å². The molecule has 1 amide bonds. The van der Waals surface area contributed by atoms with E-state index in [-0.39, 0.29) is 11.9 Å². The summed E-state index contributed by atoms with van der Waals surface area (Å²) in [7, 11) is 0. The van der Waals surface area contributed by atoms with E-state index in [1.807, 2.05) is 24.3 Å². The molecule has 0 fully saturated rings. The number of hydrogen-bond donors (Lipinski definition) is 2. The van der Waals surface area contributed by atoms with Crippen molar-refractivity contribution in [2.75, 3.05) is 11.1 Å². The van der Waals surface area contributed by atoms with Gasteiger partial charge in [-0.05, 0) is 24.6 Å². The molecule has 0 aliphatic rings. The summed E-state index contributed by atoms with van der Waals surface area (Å²) in [5.74, 6) is 1.80. The minimum atomic E-state index is -0.126. The third-order valence-corrected chi connectivity index (χ3v) is 4.23. The van der Waals surface area contributed by atoms with Gasteiger partial charge in [-0.3, -0.25) is 20.2 Å². The summed E-state index contributed by atoms with van der Waals surface area (Å²) in [5.41, 5.74) is 3.11. The number of H-pyrrole nitrogens is 1. The maximum atomic E-state index is 12.0. The Morgan fingerprint density at radius 3 is 2.96 bits per heavy atom. The molecule has 7 heteroatoms. The second kappa shape index (κ2) is 7.74. The van der Waals surface area contributed by atoms with E-state index in [4.69, 9.17) is 0 Å². The lowest BCUT2D eigenvalue weighted by Crippen LogP contribution is -2.15. The Kier molecular flexibility index (Phi) is 5.22. The highest BCUT2D eigenvalue weighted by Crippen LogP contribution is 2.15. The zero-order valence-corrected chi connectivity index (χ0v) is 14.0. The van der Waals surface area contributed by atoms with Gasteiger partial charge in [-0.15, -0.1) is 16.9 Å². The van der Waals surface area contributed by atoms with Crippen LogP contribution in [0, 0.1) is 6.92 Å². The monoisotopic (exact) mass is 339 g/mol. The van der Waals surface area contributed by atoms with Crippen molar-refractivity contribution in [3.05, 3.63) is 59.8 Å². The largest absolute Gasteiger partial charge is 0.292 e. The van der Waals surface area contributed by atoms with Crippen molar-refractivity contribution in [1.29, 1.82) is 0 Å². The summed E-state index contributed by atoms with van der Waals surface area (Å²) in [4.78, 5) is 20.4. The Hall–Kier alpha value is -2.67. The van der Waals surface area contributed by atoms with Crippen molar-refractivity contribution in [3.63, 3.8) is 0 Å². The number of aromatic amines is 1. The van der Waals surface area contributed by atoms with Gasteiger partial charge in [0.2, 0.25) is 11.9 Å². The van der Waals surface area contributed by atoms with Gasteiger partial charge in [0.05, 0.1) is 5.75 Å². The van der Waals surface area contributed by atoms with Crippen molar-refractivity contribution in [1.82, 2.24) is 20.2 Å². The third kappa shape index (κ3) is 4.42. The van der Waals surface area contributed by atoms with E-state index in [2.05, 4.69) is 50.6 Å². The van der Waals surface area contributed by atoms with Crippen LogP contribution in [0.2, 0.25) is 0 Å². The van der Waals surface area contributed by atoms with Crippen molar-refractivity contribution >= 4 is 23.6 Å². The number of aromatic nitrogens is 4. The van der Waals surface area contributed by atoms with Gasteiger partial charge in [-0.1, -0.05) is 35.9 Å². The van der Waals surface area contributed by atoms with E-state index >= 15 is 0 Å². The number of nitrogens with zero attached hydrogens (tertiary/aromatic N) is 3. The van der Waals surface area contributed by atoms with Gasteiger partial charge in [0.15, 0.2) is 5.82 Å². The molecule has 2 aromatic heterocycles. The molecule has 3 rings (SSSR count). The minimum absolute atomic E-state index is 0.126. The van der Waals surface area contributed by atoms with Gasteiger partial charge in [-0.25, -0.2) is 0 Å². The molecule has 0 aliphatic heterocycles. The third-order valence-electron chi connectivity index (χ3n) is 3.23. The highest BCUT2D eigenvalue weighted by atomic mass is 32.2. The maximum Gasteiger partial charge on any atom is 0.249 e. The maximum absolute atomic E-state index is 12.0. The molecule has 2 N–H and O–H groups in total. The molecule has 0 spiro atoms. The lowest BCUT2D eigenvalue weighted by Gasteiger charge is -2.03. The average molecular weight is 339 g/mol. The van der Waals surface area contributed by atoms with E-state index in [0.29, 0.717) is 17.3 Å². The first-order valence-electron chi connectivity index (χ1n) is 7.47. The quantitative estimate of drug-likeness (QED) is 0.721. The standard InChI is InChI=1S/C17H17N5OS/c1-12-5-4-6-13(9-12)10-24-11-15(23)19-17-20-16(21-22-17)14-7-2-3-8-18-14/h2-9H,10-11H2,1H3,(H2,19,20,21,22,23).